The van der Waals surface area contributed by atoms with Crippen molar-refractivity contribution in [2.75, 3.05) is 0 Å². The zero-order valence-electron chi connectivity index (χ0n) is 5.42. The molecule has 0 radical (unpaired) electrons. The summed E-state index contributed by atoms with van der Waals surface area (Å²) in [5, 5.41) is 37.1. The number of rotatable bonds is 9. The monoisotopic (exact) mass is 225 g/mol. The van der Waals surface area contributed by atoms with E-state index in [1.54, 1.807) is 0 Å². The van der Waals surface area contributed by atoms with E-state index in [4.69, 9.17) is 10.5 Å². The highest BCUT2D eigenvalue weighted by molar-refractivity contribution is 7.32. The average molecular weight is 225 g/mol. The molecule has 0 aromatic carbocycles. The standard InChI is InChI=1S/HO12P/c1-4-6-8-10-12-13(3)11-9-7-5-2/h(H-,1,2)/p+1. The van der Waals surface area contributed by atoms with Crippen LogP contribution in [0.3, 0.4) is 0 Å². The molecule has 0 saturated heterocycles. The molecule has 13 heavy (non-hydrogen) atoms. The van der Waals surface area contributed by atoms with Crippen LogP contribution < -0.4 is 0 Å². The second kappa shape index (κ2) is 9.75. The lowest BCUT2D eigenvalue weighted by atomic mass is 14.2. The third-order valence-electron chi connectivity index (χ3n) is 0.327. The van der Waals surface area contributed by atoms with Crippen molar-refractivity contribution in [2.45, 2.75) is 0 Å². The van der Waals surface area contributed by atoms with Gasteiger partial charge in [0.2, 0.25) is 0 Å². The lowest BCUT2D eigenvalue weighted by Crippen LogP contribution is -1.95. The molecule has 12 nitrogen and oxygen atoms in total. The maximum absolute atomic E-state index is 10.3. The summed E-state index contributed by atoms with van der Waals surface area (Å²) in [6.07, 6.45) is 0. The van der Waals surface area contributed by atoms with E-state index in [0.29, 0.717) is 0 Å². The minimum atomic E-state index is -2.96. The molecule has 0 saturated carbocycles. The molecule has 0 aliphatic rings. The minimum Gasteiger partial charge on any atom is -0.219 e. The van der Waals surface area contributed by atoms with Gasteiger partial charge in [-0.3, -0.25) is 0 Å². The number of hydrogen-bond donors (Lipinski definition) is 2. The van der Waals surface area contributed by atoms with Gasteiger partial charge in [-0.25, -0.2) is 10.5 Å². The van der Waals surface area contributed by atoms with Gasteiger partial charge in [0.05, 0.1) is 9.35 Å². The molecule has 0 heterocycles. The zero-order valence-corrected chi connectivity index (χ0v) is 6.32. The summed E-state index contributed by atoms with van der Waals surface area (Å²) in [6, 6.07) is 0. The van der Waals surface area contributed by atoms with E-state index in [2.05, 4.69) is 44.6 Å². The SMILES string of the molecule is O=[P+](OOOOO)OOOOOO. The molecule has 0 bridgehead atoms. The van der Waals surface area contributed by atoms with Crippen LogP contribution in [0.5, 0.6) is 0 Å². The van der Waals surface area contributed by atoms with Crippen molar-refractivity contribution in [1.29, 1.82) is 0 Å². The normalized spacial score (nSPS) is 11.7. The summed E-state index contributed by atoms with van der Waals surface area (Å²) in [5.41, 5.74) is 0. The van der Waals surface area contributed by atoms with Gasteiger partial charge in [-0.2, -0.15) is 0 Å². The van der Waals surface area contributed by atoms with Gasteiger partial charge in [-0.1, -0.05) is 0 Å². The molecule has 0 amide bonds. The lowest BCUT2D eigenvalue weighted by Gasteiger charge is -1.88. The van der Waals surface area contributed by atoms with Crippen molar-refractivity contribution in [2.24, 2.45) is 0 Å². The Balaban J connectivity index is 3.11. The van der Waals surface area contributed by atoms with Gasteiger partial charge in [-0.15, -0.1) is 0 Å². The Morgan fingerprint density at radius 2 is 1.23 bits per heavy atom. The summed E-state index contributed by atoms with van der Waals surface area (Å²) in [5.74, 6) is 0. The maximum Gasteiger partial charge on any atom is 0.764 e. The van der Waals surface area contributed by atoms with Crippen LogP contribution in [0.15, 0.2) is 0 Å². The molecule has 13 heteroatoms. The van der Waals surface area contributed by atoms with Gasteiger partial charge in [0.1, 0.15) is 0 Å². The fourth-order valence-corrected chi connectivity index (χ4v) is 0.297. The van der Waals surface area contributed by atoms with Crippen LogP contribution in [0.4, 0.5) is 0 Å². The molecular weight excluding hydrogens is 223 g/mol. The fourth-order valence-electron chi connectivity index (χ4n) is 0.123. The van der Waals surface area contributed by atoms with Gasteiger partial charge in [0, 0.05) is 19.7 Å². The quantitative estimate of drug-likeness (QED) is 0.238. The second-order valence-corrected chi connectivity index (χ2v) is 1.61. The Hall–Kier alpha value is -0.340. The molecule has 2 N–H and O–H groups in total. The molecule has 0 aromatic rings. The highest BCUT2D eigenvalue weighted by Gasteiger charge is 2.27. The van der Waals surface area contributed by atoms with E-state index in [1.807, 2.05) is 0 Å². The first-order valence-electron chi connectivity index (χ1n) is 2.08. The van der Waals surface area contributed by atoms with Crippen molar-refractivity contribution in [3.05, 3.63) is 0 Å². The van der Waals surface area contributed by atoms with Gasteiger partial charge in [-0.05, 0) is 20.2 Å². The fraction of sp³-hybridized carbons (Fsp3) is 0. The second-order valence-electron chi connectivity index (χ2n) is 0.862. The Morgan fingerprint density at radius 1 is 0.769 bits per heavy atom. The van der Waals surface area contributed by atoms with Crippen LogP contribution >= 0.6 is 8.25 Å². The summed E-state index contributed by atoms with van der Waals surface area (Å²) < 4.78 is 17.5. The average Bonchev–Trinajstić information content (AvgIpc) is 2.13. The summed E-state index contributed by atoms with van der Waals surface area (Å²) in [7, 11) is -2.96. The van der Waals surface area contributed by atoms with Crippen LogP contribution in [-0.4, -0.2) is 10.5 Å². The molecule has 78 valence electrons. The van der Waals surface area contributed by atoms with Crippen molar-refractivity contribution in [3.63, 3.8) is 0 Å². The van der Waals surface area contributed by atoms with Crippen LogP contribution in [0.2, 0.25) is 0 Å². The highest BCUT2D eigenvalue weighted by Crippen LogP contribution is 2.24. The number of hydrogen-bond acceptors (Lipinski definition) is 12. The molecule has 0 fully saturated rings. The summed E-state index contributed by atoms with van der Waals surface area (Å²) >= 11 is 0. The van der Waals surface area contributed by atoms with E-state index in [-0.39, 0.29) is 0 Å². The first-order valence-corrected chi connectivity index (χ1v) is 3.17. The van der Waals surface area contributed by atoms with E-state index >= 15 is 0 Å². The van der Waals surface area contributed by atoms with E-state index in [1.165, 1.54) is 0 Å². The van der Waals surface area contributed by atoms with Gasteiger partial charge < -0.3 is 0 Å². The molecule has 0 spiro atoms. The first kappa shape index (κ1) is 12.7. The van der Waals surface area contributed by atoms with Crippen LogP contribution in [0.1, 0.15) is 0 Å². The molecular formula is H2O12P+. The third kappa shape index (κ3) is 9.57. The zero-order chi connectivity index (χ0) is 9.94. The lowest BCUT2D eigenvalue weighted by molar-refractivity contribution is -0.743. The Labute approximate surface area is 69.2 Å². The van der Waals surface area contributed by atoms with Gasteiger partial charge in [0.15, 0.2) is 0 Å². The Morgan fingerprint density at radius 3 is 1.77 bits per heavy atom. The molecule has 1 atom stereocenters. The topological polar surface area (TPSA) is 141 Å². The summed E-state index contributed by atoms with van der Waals surface area (Å²) in [6.45, 7) is 0. The third-order valence-corrected chi connectivity index (χ3v) is 0.692. The Kier molecular flexibility index (Phi) is 9.49. The minimum absolute atomic E-state index is 2.85. The van der Waals surface area contributed by atoms with Crippen molar-refractivity contribution >= 4 is 8.25 Å². The van der Waals surface area contributed by atoms with Crippen LogP contribution in [0, 0.1) is 0 Å². The van der Waals surface area contributed by atoms with Gasteiger partial charge in [0.25, 0.3) is 0 Å². The first-order chi connectivity index (χ1) is 6.31. The summed E-state index contributed by atoms with van der Waals surface area (Å²) in [4.78, 5) is 0. The van der Waals surface area contributed by atoms with Crippen molar-refractivity contribution in [3.8, 4) is 0 Å². The smallest absolute Gasteiger partial charge is 0.219 e. The Bertz CT molecular complexity index is 118. The van der Waals surface area contributed by atoms with Crippen molar-refractivity contribution < 1.29 is 59.7 Å². The molecule has 1 unspecified atom stereocenters. The molecule has 0 aromatic heterocycles. The highest BCUT2D eigenvalue weighted by atomic mass is 31.1. The van der Waals surface area contributed by atoms with Gasteiger partial charge >= 0.3 is 8.25 Å². The predicted octanol–water partition coefficient (Wildman–Crippen LogP) is 0.144. The van der Waals surface area contributed by atoms with E-state index < -0.39 is 8.25 Å². The molecule has 0 rings (SSSR count). The molecule has 0 aliphatic carbocycles. The van der Waals surface area contributed by atoms with E-state index in [9.17, 15) is 4.57 Å². The van der Waals surface area contributed by atoms with E-state index in [0.717, 1.165) is 0 Å². The van der Waals surface area contributed by atoms with Crippen molar-refractivity contribution in [1.82, 2.24) is 0 Å². The van der Waals surface area contributed by atoms with Crippen LogP contribution in [-0.2, 0) is 49.2 Å². The largest absolute Gasteiger partial charge is 0.764 e. The van der Waals surface area contributed by atoms with Crippen LogP contribution in [0.25, 0.3) is 0 Å². The molecule has 0 aliphatic heterocycles. The maximum atomic E-state index is 10.3. The predicted molar refractivity (Wildman–Crippen MR) is 22.6 cm³/mol.